The summed E-state index contributed by atoms with van der Waals surface area (Å²) in [7, 11) is 1.25. The number of benzene rings is 1. The number of hydrogen-bond donors (Lipinski definition) is 0. The van der Waals surface area contributed by atoms with Gasteiger partial charge in [-0.25, -0.2) is 4.79 Å². The van der Waals surface area contributed by atoms with Crippen LogP contribution < -0.4 is 0 Å². The summed E-state index contributed by atoms with van der Waals surface area (Å²) >= 11 is 0. The molecule has 0 aromatic heterocycles. The number of allylic oxidation sites excluding steroid dienone is 1. The summed E-state index contributed by atoms with van der Waals surface area (Å²) in [4.78, 5) is 36.7. The highest BCUT2D eigenvalue weighted by molar-refractivity contribution is 6.16. The molecule has 0 unspecified atom stereocenters. The average molecular weight is 330 g/mol. The van der Waals surface area contributed by atoms with Gasteiger partial charge in [0.25, 0.3) is 11.6 Å². The predicted octanol–water partition coefficient (Wildman–Crippen LogP) is 2.68. The van der Waals surface area contributed by atoms with Crippen molar-refractivity contribution < 1.29 is 19.2 Å². The van der Waals surface area contributed by atoms with E-state index in [1.807, 2.05) is 13.8 Å². The fourth-order valence-corrected chi connectivity index (χ4v) is 2.71. The van der Waals surface area contributed by atoms with E-state index in [2.05, 4.69) is 0 Å². The van der Waals surface area contributed by atoms with E-state index < -0.39 is 10.9 Å². The van der Waals surface area contributed by atoms with Crippen LogP contribution in [0.5, 0.6) is 0 Å². The Hall–Kier alpha value is -2.96. The van der Waals surface area contributed by atoms with E-state index in [0.717, 1.165) is 0 Å². The summed E-state index contributed by atoms with van der Waals surface area (Å²) in [5.74, 6) is -0.935. The monoisotopic (exact) mass is 330 g/mol. The molecule has 0 saturated heterocycles. The van der Waals surface area contributed by atoms with Gasteiger partial charge < -0.3 is 9.64 Å². The second-order valence-corrected chi connectivity index (χ2v) is 5.63. The molecular formula is C17H18N2O5. The molecule has 0 atom stereocenters. The van der Waals surface area contributed by atoms with Crippen LogP contribution in [0.25, 0.3) is 6.08 Å². The van der Waals surface area contributed by atoms with Gasteiger partial charge in [-0.15, -0.1) is 0 Å². The Bertz CT molecular complexity index is 777. The Kier molecular flexibility index (Phi) is 4.82. The number of carbonyl (C=O) groups excluding carboxylic acids is 2. The first-order chi connectivity index (χ1) is 11.3. The molecule has 0 spiro atoms. The minimum atomic E-state index is -0.610. The Balaban J connectivity index is 2.58. The molecule has 0 N–H and O–H groups in total. The minimum absolute atomic E-state index is 0.0872. The molecule has 0 aliphatic carbocycles. The third-order valence-corrected chi connectivity index (χ3v) is 3.74. The van der Waals surface area contributed by atoms with Crippen LogP contribution in [0, 0.1) is 10.1 Å². The molecule has 0 radical (unpaired) electrons. The lowest BCUT2D eigenvalue weighted by atomic mass is 10.0. The third kappa shape index (κ3) is 3.05. The number of rotatable bonds is 4. The van der Waals surface area contributed by atoms with E-state index in [1.165, 1.54) is 36.3 Å². The summed E-state index contributed by atoms with van der Waals surface area (Å²) in [6.45, 7) is 5.36. The number of non-ortho nitro benzene ring substituents is 1. The van der Waals surface area contributed by atoms with Gasteiger partial charge in [0.15, 0.2) is 0 Å². The van der Waals surface area contributed by atoms with Crippen LogP contribution in [-0.4, -0.2) is 34.9 Å². The van der Waals surface area contributed by atoms with Crippen molar-refractivity contribution >= 4 is 23.6 Å². The molecule has 1 heterocycles. The Morgan fingerprint density at radius 3 is 2.58 bits per heavy atom. The maximum absolute atomic E-state index is 12.7. The van der Waals surface area contributed by atoms with E-state index in [0.29, 0.717) is 11.3 Å². The lowest BCUT2D eigenvalue weighted by molar-refractivity contribution is -0.384. The van der Waals surface area contributed by atoms with Crippen LogP contribution in [0.1, 0.15) is 26.3 Å². The van der Waals surface area contributed by atoms with Crippen LogP contribution in [-0.2, 0) is 14.3 Å². The smallest absolute Gasteiger partial charge is 0.340 e. The molecule has 24 heavy (non-hydrogen) atoms. The molecule has 1 aromatic carbocycles. The zero-order valence-corrected chi connectivity index (χ0v) is 13.9. The zero-order chi connectivity index (χ0) is 18.0. The highest BCUT2D eigenvalue weighted by Gasteiger charge is 2.38. The van der Waals surface area contributed by atoms with E-state index in [9.17, 15) is 19.7 Å². The molecule has 7 heteroatoms. The number of nitro groups is 1. The molecule has 0 saturated carbocycles. The fraction of sp³-hybridized carbons (Fsp3) is 0.294. The van der Waals surface area contributed by atoms with Crippen molar-refractivity contribution in [3.63, 3.8) is 0 Å². The lowest BCUT2D eigenvalue weighted by Gasteiger charge is -2.22. The summed E-state index contributed by atoms with van der Waals surface area (Å²) in [6.07, 6.45) is 1.48. The normalized spacial score (nSPS) is 16.3. The van der Waals surface area contributed by atoms with Crippen molar-refractivity contribution in [2.24, 2.45) is 0 Å². The largest absolute Gasteiger partial charge is 0.465 e. The number of carbonyl (C=O) groups is 2. The first kappa shape index (κ1) is 17.4. The van der Waals surface area contributed by atoms with Gasteiger partial charge in [-0.3, -0.25) is 14.9 Å². The Morgan fingerprint density at radius 2 is 2.04 bits per heavy atom. The van der Waals surface area contributed by atoms with Gasteiger partial charge in [-0.2, -0.15) is 0 Å². The number of nitrogens with zero attached hydrogens (tertiary/aromatic N) is 2. The number of ether oxygens (including phenoxy) is 1. The first-order valence-electron chi connectivity index (χ1n) is 7.37. The molecule has 1 amide bonds. The predicted molar refractivity (Wildman–Crippen MR) is 87.8 cm³/mol. The van der Waals surface area contributed by atoms with E-state index in [-0.39, 0.29) is 28.8 Å². The lowest BCUT2D eigenvalue weighted by Crippen LogP contribution is -2.31. The van der Waals surface area contributed by atoms with Crippen LogP contribution in [0.4, 0.5) is 5.69 Å². The van der Waals surface area contributed by atoms with Crippen LogP contribution >= 0.6 is 0 Å². The second-order valence-electron chi connectivity index (χ2n) is 5.63. The molecule has 1 aromatic rings. The van der Waals surface area contributed by atoms with Crippen LogP contribution in [0.3, 0.4) is 0 Å². The first-order valence-corrected chi connectivity index (χ1v) is 7.37. The highest BCUT2D eigenvalue weighted by atomic mass is 16.6. The number of nitro benzene ring substituents is 1. The van der Waals surface area contributed by atoms with Gasteiger partial charge in [0.2, 0.25) is 0 Å². The minimum Gasteiger partial charge on any atom is -0.465 e. The van der Waals surface area contributed by atoms with E-state index >= 15 is 0 Å². The van der Waals surface area contributed by atoms with Gasteiger partial charge in [0.1, 0.15) is 0 Å². The zero-order valence-electron chi connectivity index (χ0n) is 13.9. The molecule has 126 valence electrons. The molecule has 1 aliphatic rings. The van der Waals surface area contributed by atoms with Gasteiger partial charge >= 0.3 is 5.97 Å². The summed E-state index contributed by atoms with van der Waals surface area (Å²) in [5, 5.41) is 10.9. The second kappa shape index (κ2) is 6.66. The van der Waals surface area contributed by atoms with Crippen LogP contribution in [0.15, 0.2) is 41.1 Å². The topological polar surface area (TPSA) is 89.8 Å². The molecule has 0 fully saturated rings. The van der Waals surface area contributed by atoms with Crippen molar-refractivity contribution in [3.8, 4) is 0 Å². The third-order valence-electron chi connectivity index (χ3n) is 3.74. The molecule has 1 aliphatic heterocycles. The summed E-state index contributed by atoms with van der Waals surface area (Å²) in [6, 6.07) is 5.74. The standard InChI is InChI=1S/C17H18N2O5/c1-10(2)18-11(3)15(17(21)24-4)14(16(18)20)9-12-6-5-7-13(8-12)19(22)23/h5-10H,1-4H3/b14-9-. The Labute approximate surface area is 139 Å². The average Bonchev–Trinajstić information content (AvgIpc) is 2.77. The quantitative estimate of drug-likeness (QED) is 0.366. The van der Waals surface area contributed by atoms with E-state index in [4.69, 9.17) is 4.74 Å². The van der Waals surface area contributed by atoms with Crippen molar-refractivity contribution in [1.82, 2.24) is 4.90 Å². The maximum Gasteiger partial charge on any atom is 0.340 e. The van der Waals surface area contributed by atoms with Crippen molar-refractivity contribution in [2.45, 2.75) is 26.8 Å². The number of amides is 1. The summed E-state index contributed by atoms with van der Waals surface area (Å²) in [5.41, 5.74) is 1.25. The van der Waals surface area contributed by atoms with Crippen molar-refractivity contribution in [1.29, 1.82) is 0 Å². The number of esters is 1. The van der Waals surface area contributed by atoms with Crippen molar-refractivity contribution in [2.75, 3.05) is 7.11 Å². The molecule has 0 bridgehead atoms. The van der Waals surface area contributed by atoms with E-state index in [1.54, 1.807) is 13.0 Å². The maximum atomic E-state index is 12.7. The van der Waals surface area contributed by atoms with Gasteiger partial charge in [0.05, 0.1) is 23.2 Å². The fourth-order valence-electron chi connectivity index (χ4n) is 2.71. The van der Waals surface area contributed by atoms with Crippen molar-refractivity contribution in [3.05, 3.63) is 56.8 Å². The molecule has 7 nitrogen and oxygen atoms in total. The highest BCUT2D eigenvalue weighted by Crippen LogP contribution is 2.33. The number of hydrogen-bond acceptors (Lipinski definition) is 5. The molecular weight excluding hydrogens is 312 g/mol. The van der Waals surface area contributed by atoms with Gasteiger partial charge in [-0.05, 0) is 32.4 Å². The van der Waals surface area contributed by atoms with Gasteiger partial charge in [0, 0.05) is 23.9 Å². The molecule has 2 rings (SSSR count). The Morgan fingerprint density at radius 1 is 1.38 bits per heavy atom. The number of methoxy groups -OCH3 is 1. The van der Waals surface area contributed by atoms with Gasteiger partial charge in [-0.1, -0.05) is 12.1 Å². The SMILES string of the molecule is COC(=O)C1=C(C)N(C(C)C)C(=O)/C1=C\c1cccc([N+](=O)[O-])c1. The summed E-state index contributed by atoms with van der Waals surface area (Å²) < 4.78 is 4.79. The van der Waals surface area contributed by atoms with Crippen LogP contribution in [0.2, 0.25) is 0 Å².